The maximum atomic E-state index is 11.6. The number of amides is 1. The van der Waals surface area contributed by atoms with Crippen molar-refractivity contribution in [3.05, 3.63) is 59.4 Å². The SMILES string of the molecule is O=C(O)c1ccc(CCNC(=O)c2ccc[nH]2)cc1. The van der Waals surface area contributed by atoms with Crippen LogP contribution in [0.2, 0.25) is 0 Å². The van der Waals surface area contributed by atoms with Crippen LogP contribution in [0.3, 0.4) is 0 Å². The van der Waals surface area contributed by atoms with Crippen molar-refractivity contribution in [2.24, 2.45) is 0 Å². The Labute approximate surface area is 110 Å². The second-order valence-corrected chi connectivity index (χ2v) is 4.09. The van der Waals surface area contributed by atoms with Gasteiger partial charge in [-0.2, -0.15) is 0 Å². The average Bonchev–Trinajstić information content (AvgIpc) is 2.93. The summed E-state index contributed by atoms with van der Waals surface area (Å²) in [6.07, 6.45) is 2.35. The number of H-pyrrole nitrogens is 1. The van der Waals surface area contributed by atoms with Crippen molar-refractivity contribution >= 4 is 11.9 Å². The summed E-state index contributed by atoms with van der Waals surface area (Å²) in [5, 5.41) is 11.6. The van der Waals surface area contributed by atoms with E-state index in [0.717, 1.165) is 5.56 Å². The van der Waals surface area contributed by atoms with Gasteiger partial charge in [0.05, 0.1) is 5.56 Å². The van der Waals surface area contributed by atoms with Crippen molar-refractivity contribution in [1.82, 2.24) is 10.3 Å². The molecule has 0 aliphatic heterocycles. The molecule has 1 aromatic heterocycles. The van der Waals surface area contributed by atoms with Crippen molar-refractivity contribution < 1.29 is 14.7 Å². The molecule has 0 aliphatic carbocycles. The number of rotatable bonds is 5. The van der Waals surface area contributed by atoms with Crippen LogP contribution in [0.15, 0.2) is 42.6 Å². The number of benzene rings is 1. The van der Waals surface area contributed by atoms with Crippen LogP contribution in [0.5, 0.6) is 0 Å². The maximum Gasteiger partial charge on any atom is 0.335 e. The van der Waals surface area contributed by atoms with E-state index < -0.39 is 5.97 Å². The average molecular weight is 258 g/mol. The van der Waals surface area contributed by atoms with Crippen LogP contribution in [0.4, 0.5) is 0 Å². The van der Waals surface area contributed by atoms with Crippen LogP contribution in [0.1, 0.15) is 26.4 Å². The van der Waals surface area contributed by atoms with Crippen molar-refractivity contribution in [2.45, 2.75) is 6.42 Å². The summed E-state index contributed by atoms with van der Waals surface area (Å²) in [4.78, 5) is 25.1. The van der Waals surface area contributed by atoms with Crippen LogP contribution in [0, 0.1) is 0 Å². The Balaban J connectivity index is 1.82. The third-order valence-corrected chi connectivity index (χ3v) is 2.74. The first-order valence-corrected chi connectivity index (χ1v) is 5.90. The zero-order chi connectivity index (χ0) is 13.7. The fourth-order valence-corrected chi connectivity index (χ4v) is 1.70. The number of carbonyl (C=O) groups is 2. The Kier molecular flexibility index (Phi) is 3.97. The topological polar surface area (TPSA) is 82.2 Å². The van der Waals surface area contributed by atoms with Gasteiger partial charge in [0, 0.05) is 12.7 Å². The highest BCUT2D eigenvalue weighted by Gasteiger charge is 2.05. The standard InChI is InChI=1S/C14H14N2O3/c17-13(12-2-1-8-15-12)16-9-7-10-3-5-11(6-4-10)14(18)19/h1-6,8,15H,7,9H2,(H,16,17)(H,18,19). The molecule has 0 aliphatic rings. The smallest absolute Gasteiger partial charge is 0.335 e. The van der Waals surface area contributed by atoms with Crippen LogP contribution < -0.4 is 5.32 Å². The molecule has 5 heteroatoms. The number of aromatic nitrogens is 1. The molecule has 1 heterocycles. The first-order valence-electron chi connectivity index (χ1n) is 5.90. The van der Waals surface area contributed by atoms with Crippen LogP contribution in [-0.4, -0.2) is 28.5 Å². The Hall–Kier alpha value is -2.56. The van der Waals surface area contributed by atoms with E-state index in [1.807, 2.05) is 0 Å². The van der Waals surface area contributed by atoms with E-state index in [1.165, 1.54) is 0 Å². The highest BCUT2D eigenvalue weighted by Crippen LogP contribution is 2.05. The largest absolute Gasteiger partial charge is 0.478 e. The van der Waals surface area contributed by atoms with Gasteiger partial charge in [-0.3, -0.25) is 4.79 Å². The molecule has 1 aromatic carbocycles. The minimum atomic E-state index is -0.938. The molecule has 0 unspecified atom stereocenters. The third-order valence-electron chi connectivity index (χ3n) is 2.74. The van der Waals surface area contributed by atoms with E-state index in [2.05, 4.69) is 10.3 Å². The summed E-state index contributed by atoms with van der Waals surface area (Å²) in [5.41, 5.74) is 1.78. The first kappa shape index (κ1) is 12.9. The van der Waals surface area contributed by atoms with Crippen LogP contribution >= 0.6 is 0 Å². The van der Waals surface area contributed by atoms with Gasteiger partial charge in [0.2, 0.25) is 0 Å². The zero-order valence-corrected chi connectivity index (χ0v) is 10.2. The first-order chi connectivity index (χ1) is 9.16. The predicted molar refractivity (Wildman–Crippen MR) is 70.2 cm³/mol. The van der Waals surface area contributed by atoms with Gasteiger partial charge in [-0.15, -0.1) is 0 Å². The number of aromatic amines is 1. The fraction of sp³-hybridized carbons (Fsp3) is 0.143. The second-order valence-electron chi connectivity index (χ2n) is 4.09. The summed E-state index contributed by atoms with van der Waals surface area (Å²) in [5.74, 6) is -1.08. The molecular formula is C14H14N2O3. The quantitative estimate of drug-likeness (QED) is 0.763. The zero-order valence-electron chi connectivity index (χ0n) is 10.2. The lowest BCUT2D eigenvalue weighted by molar-refractivity contribution is 0.0696. The number of carboxylic acid groups (broad SMARTS) is 1. The summed E-state index contributed by atoms with van der Waals surface area (Å²) in [7, 11) is 0. The number of carboxylic acids is 1. The van der Waals surface area contributed by atoms with E-state index in [4.69, 9.17) is 5.11 Å². The summed E-state index contributed by atoms with van der Waals surface area (Å²) in [6, 6.07) is 10.1. The Morgan fingerprint density at radius 1 is 1.16 bits per heavy atom. The highest BCUT2D eigenvalue weighted by atomic mass is 16.4. The second kappa shape index (κ2) is 5.86. The van der Waals surface area contributed by atoms with Crippen LogP contribution in [-0.2, 0) is 6.42 Å². The van der Waals surface area contributed by atoms with E-state index in [0.29, 0.717) is 18.7 Å². The molecule has 0 atom stereocenters. The molecule has 0 saturated heterocycles. The molecule has 0 fully saturated rings. The molecule has 0 spiro atoms. The molecule has 0 saturated carbocycles. The minimum Gasteiger partial charge on any atom is -0.478 e. The number of hydrogen-bond donors (Lipinski definition) is 3. The lowest BCUT2D eigenvalue weighted by Gasteiger charge is -2.04. The Bertz CT molecular complexity index is 559. The molecule has 2 rings (SSSR count). The lowest BCUT2D eigenvalue weighted by Crippen LogP contribution is -2.25. The fourth-order valence-electron chi connectivity index (χ4n) is 1.70. The van der Waals surface area contributed by atoms with E-state index in [-0.39, 0.29) is 11.5 Å². The van der Waals surface area contributed by atoms with Gasteiger partial charge >= 0.3 is 5.97 Å². The molecule has 5 nitrogen and oxygen atoms in total. The number of carbonyl (C=O) groups excluding carboxylic acids is 1. The van der Waals surface area contributed by atoms with Crippen LogP contribution in [0.25, 0.3) is 0 Å². The molecule has 3 N–H and O–H groups in total. The van der Waals surface area contributed by atoms with Crippen molar-refractivity contribution in [1.29, 1.82) is 0 Å². The van der Waals surface area contributed by atoms with E-state index >= 15 is 0 Å². The van der Waals surface area contributed by atoms with Crippen molar-refractivity contribution in [2.75, 3.05) is 6.54 Å². The lowest BCUT2D eigenvalue weighted by atomic mass is 10.1. The number of hydrogen-bond acceptors (Lipinski definition) is 2. The van der Waals surface area contributed by atoms with Gasteiger partial charge in [0.15, 0.2) is 0 Å². The summed E-state index contributed by atoms with van der Waals surface area (Å²) < 4.78 is 0. The van der Waals surface area contributed by atoms with Crippen molar-refractivity contribution in [3.63, 3.8) is 0 Å². The van der Waals surface area contributed by atoms with Gasteiger partial charge in [-0.1, -0.05) is 12.1 Å². The Morgan fingerprint density at radius 3 is 2.47 bits per heavy atom. The molecule has 19 heavy (non-hydrogen) atoms. The van der Waals surface area contributed by atoms with E-state index in [1.54, 1.807) is 42.6 Å². The van der Waals surface area contributed by atoms with Crippen molar-refractivity contribution in [3.8, 4) is 0 Å². The predicted octanol–water partition coefficient (Wildman–Crippen LogP) is 1.69. The van der Waals surface area contributed by atoms with Gasteiger partial charge in [-0.25, -0.2) is 4.79 Å². The molecule has 98 valence electrons. The third kappa shape index (κ3) is 3.45. The highest BCUT2D eigenvalue weighted by molar-refractivity contribution is 5.92. The monoisotopic (exact) mass is 258 g/mol. The molecule has 1 amide bonds. The normalized spacial score (nSPS) is 10.1. The Morgan fingerprint density at radius 2 is 1.89 bits per heavy atom. The number of nitrogens with one attached hydrogen (secondary N) is 2. The minimum absolute atomic E-state index is 0.146. The maximum absolute atomic E-state index is 11.6. The van der Waals surface area contributed by atoms with Gasteiger partial charge in [0.25, 0.3) is 5.91 Å². The van der Waals surface area contributed by atoms with E-state index in [9.17, 15) is 9.59 Å². The summed E-state index contributed by atoms with van der Waals surface area (Å²) >= 11 is 0. The molecular weight excluding hydrogens is 244 g/mol. The summed E-state index contributed by atoms with van der Waals surface area (Å²) in [6.45, 7) is 0.504. The molecule has 0 radical (unpaired) electrons. The van der Waals surface area contributed by atoms with Gasteiger partial charge in [-0.05, 0) is 36.2 Å². The molecule has 0 bridgehead atoms. The van der Waals surface area contributed by atoms with Gasteiger partial charge in [0.1, 0.15) is 5.69 Å². The van der Waals surface area contributed by atoms with Gasteiger partial charge < -0.3 is 15.4 Å². The number of aromatic carboxylic acids is 1. The molecule has 2 aromatic rings.